The van der Waals surface area contributed by atoms with Crippen LogP contribution in [-0.4, -0.2) is 17.4 Å². The molecule has 4 heteroatoms. The molecule has 0 saturated heterocycles. The Kier molecular flexibility index (Phi) is 4.42. The first-order valence-corrected chi connectivity index (χ1v) is 4.95. The fourth-order valence-electron chi connectivity index (χ4n) is 1.29. The SMILES string of the molecule is CCC(=O)N(CCC#N)Cc1ccco1. The summed E-state index contributed by atoms with van der Waals surface area (Å²) < 4.78 is 5.16. The second-order valence-electron chi connectivity index (χ2n) is 3.16. The van der Waals surface area contributed by atoms with Crippen LogP contribution < -0.4 is 0 Å². The molecule has 0 aromatic carbocycles. The van der Waals surface area contributed by atoms with E-state index in [1.54, 1.807) is 17.2 Å². The second-order valence-corrected chi connectivity index (χ2v) is 3.16. The molecule has 0 atom stereocenters. The summed E-state index contributed by atoms with van der Waals surface area (Å²) in [5, 5.41) is 8.48. The van der Waals surface area contributed by atoms with E-state index in [-0.39, 0.29) is 5.91 Å². The molecule has 15 heavy (non-hydrogen) atoms. The quantitative estimate of drug-likeness (QED) is 0.739. The maximum absolute atomic E-state index is 11.5. The minimum Gasteiger partial charge on any atom is -0.467 e. The summed E-state index contributed by atoms with van der Waals surface area (Å²) in [5.41, 5.74) is 0. The predicted molar refractivity (Wildman–Crippen MR) is 54.6 cm³/mol. The Balaban J connectivity index is 2.57. The summed E-state index contributed by atoms with van der Waals surface area (Å²) in [5.74, 6) is 0.788. The van der Waals surface area contributed by atoms with Crippen LogP contribution in [0.1, 0.15) is 25.5 Å². The minimum atomic E-state index is 0.0432. The third kappa shape index (κ3) is 3.47. The zero-order valence-electron chi connectivity index (χ0n) is 8.77. The summed E-state index contributed by atoms with van der Waals surface area (Å²) in [7, 11) is 0. The van der Waals surface area contributed by atoms with Crippen LogP contribution in [0.5, 0.6) is 0 Å². The van der Waals surface area contributed by atoms with Crippen molar-refractivity contribution in [2.24, 2.45) is 0 Å². The molecule has 0 aliphatic carbocycles. The minimum absolute atomic E-state index is 0.0432. The highest BCUT2D eigenvalue weighted by Gasteiger charge is 2.12. The number of rotatable bonds is 5. The van der Waals surface area contributed by atoms with Crippen molar-refractivity contribution in [1.82, 2.24) is 4.90 Å². The lowest BCUT2D eigenvalue weighted by Gasteiger charge is -2.19. The Bertz CT molecular complexity index is 338. The van der Waals surface area contributed by atoms with Gasteiger partial charge in [0.2, 0.25) is 5.91 Å². The normalized spacial score (nSPS) is 9.60. The van der Waals surface area contributed by atoms with E-state index >= 15 is 0 Å². The molecule has 0 aliphatic heterocycles. The zero-order chi connectivity index (χ0) is 11.1. The van der Waals surface area contributed by atoms with Crippen molar-refractivity contribution in [2.45, 2.75) is 26.3 Å². The number of hydrogen-bond acceptors (Lipinski definition) is 3. The molecule has 4 nitrogen and oxygen atoms in total. The van der Waals surface area contributed by atoms with E-state index in [4.69, 9.17) is 9.68 Å². The molecule has 0 N–H and O–H groups in total. The lowest BCUT2D eigenvalue weighted by atomic mass is 10.3. The average molecular weight is 206 g/mol. The van der Waals surface area contributed by atoms with Gasteiger partial charge in [-0.3, -0.25) is 4.79 Å². The number of amides is 1. The van der Waals surface area contributed by atoms with Crippen LogP contribution in [0.4, 0.5) is 0 Å². The molecule has 1 rings (SSSR count). The monoisotopic (exact) mass is 206 g/mol. The van der Waals surface area contributed by atoms with Gasteiger partial charge in [-0.1, -0.05) is 6.92 Å². The highest BCUT2D eigenvalue weighted by Crippen LogP contribution is 2.07. The van der Waals surface area contributed by atoms with Gasteiger partial charge in [-0.2, -0.15) is 5.26 Å². The standard InChI is InChI=1S/C11H14N2O2/c1-2-11(14)13(7-4-6-12)9-10-5-3-8-15-10/h3,5,8H,2,4,7,9H2,1H3. The molecule has 1 aromatic heterocycles. The molecule has 0 spiro atoms. The Hall–Kier alpha value is -1.76. The lowest BCUT2D eigenvalue weighted by molar-refractivity contribution is -0.131. The molecule has 1 aromatic rings. The van der Waals surface area contributed by atoms with Gasteiger partial charge in [-0.25, -0.2) is 0 Å². The van der Waals surface area contributed by atoms with Crippen molar-refractivity contribution >= 4 is 5.91 Å². The van der Waals surface area contributed by atoms with E-state index < -0.39 is 0 Å². The van der Waals surface area contributed by atoms with Gasteiger partial charge in [0.1, 0.15) is 5.76 Å². The van der Waals surface area contributed by atoms with E-state index in [2.05, 4.69) is 0 Å². The molecule has 0 bridgehead atoms. The summed E-state index contributed by atoms with van der Waals surface area (Å²) in [4.78, 5) is 13.2. The van der Waals surface area contributed by atoms with Crippen molar-refractivity contribution in [2.75, 3.05) is 6.54 Å². The number of carbonyl (C=O) groups excluding carboxylic acids is 1. The average Bonchev–Trinajstić information content (AvgIpc) is 2.75. The molecular weight excluding hydrogens is 192 g/mol. The molecule has 0 saturated carbocycles. The third-order valence-electron chi connectivity index (χ3n) is 2.08. The Morgan fingerprint density at radius 1 is 1.67 bits per heavy atom. The number of nitrogens with zero attached hydrogens (tertiary/aromatic N) is 2. The zero-order valence-corrected chi connectivity index (χ0v) is 8.77. The Labute approximate surface area is 89.1 Å². The van der Waals surface area contributed by atoms with Gasteiger partial charge >= 0.3 is 0 Å². The molecule has 0 unspecified atom stereocenters. The molecule has 1 amide bonds. The molecule has 0 fully saturated rings. The van der Waals surface area contributed by atoms with Crippen LogP contribution in [0.25, 0.3) is 0 Å². The van der Waals surface area contributed by atoms with E-state index in [1.165, 1.54) is 0 Å². The fraction of sp³-hybridized carbons (Fsp3) is 0.455. The number of furan rings is 1. The van der Waals surface area contributed by atoms with Gasteiger partial charge in [-0.05, 0) is 12.1 Å². The van der Waals surface area contributed by atoms with E-state index in [0.29, 0.717) is 25.9 Å². The number of carbonyl (C=O) groups is 1. The van der Waals surface area contributed by atoms with Gasteiger partial charge in [0, 0.05) is 13.0 Å². The lowest BCUT2D eigenvalue weighted by Crippen LogP contribution is -2.30. The van der Waals surface area contributed by atoms with Crippen molar-refractivity contribution in [1.29, 1.82) is 5.26 Å². The summed E-state index contributed by atoms with van der Waals surface area (Å²) in [6, 6.07) is 5.64. The van der Waals surface area contributed by atoms with Crippen molar-refractivity contribution in [3.8, 4) is 6.07 Å². The summed E-state index contributed by atoms with van der Waals surface area (Å²) >= 11 is 0. The van der Waals surface area contributed by atoms with E-state index in [1.807, 2.05) is 19.1 Å². The van der Waals surface area contributed by atoms with Crippen molar-refractivity contribution < 1.29 is 9.21 Å². The smallest absolute Gasteiger partial charge is 0.222 e. The highest BCUT2D eigenvalue weighted by atomic mass is 16.3. The fourth-order valence-corrected chi connectivity index (χ4v) is 1.29. The Morgan fingerprint density at radius 2 is 2.47 bits per heavy atom. The second kappa shape index (κ2) is 5.86. The van der Waals surface area contributed by atoms with E-state index in [9.17, 15) is 4.79 Å². The largest absolute Gasteiger partial charge is 0.467 e. The van der Waals surface area contributed by atoms with Gasteiger partial charge in [0.25, 0.3) is 0 Å². The van der Waals surface area contributed by atoms with Crippen LogP contribution in [0.15, 0.2) is 22.8 Å². The van der Waals surface area contributed by atoms with E-state index in [0.717, 1.165) is 5.76 Å². The van der Waals surface area contributed by atoms with Gasteiger partial charge in [-0.15, -0.1) is 0 Å². The van der Waals surface area contributed by atoms with Crippen molar-refractivity contribution in [3.05, 3.63) is 24.2 Å². The van der Waals surface area contributed by atoms with Crippen LogP contribution in [0.3, 0.4) is 0 Å². The molecule has 1 heterocycles. The molecule has 0 radical (unpaired) electrons. The summed E-state index contributed by atoms with van der Waals surface area (Å²) in [6.45, 7) is 2.72. The number of nitriles is 1. The summed E-state index contributed by atoms with van der Waals surface area (Å²) in [6.07, 6.45) is 2.38. The van der Waals surface area contributed by atoms with Crippen LogP contribution in [0, 0.1) is 11.3 Å². The maximum Gasteiger partial charge on any atom is 0.222 e. The number of hydrogen-bond donors (Lipinski definition) is 0. The molecule has 0 aliphatic rings. The van der Waals surface area contributed by atoms with Crippen LogP contribution in [0.2, 0.25) is 0 Å². The maximum atomic E-state index is 11.5. The third-order valence-corrected chi connectivity index (χ3v) is 2.08. The van der Waals surface area contributed by atoms with Crippen LogP contribution >= 0.6 is 0 Å². The molecular formula is C11H14N2O2. The molecule has 80 valence electrons. The first-order valence-electron chi connectivity index (χ1n) is 4.95. The van der Waals surface area contributed by atoms with Gasteiger partial charge in [0.15, 0.2) is 0 Å². The van der Waals surface area contributed by atoms with Crippen molar-refractivity contribution in [3.63, 3.8) is 0 Å². The van der Waals surface area contributed by atoms with Crippen LogP contribution in [-0.2, 0) is 11.3 Å². The topological polar surface area (TPSA) is 57.2 Å². The first-order chi connectivity index (χ1) is 7.27. The Morgan fingerprint density at radius 3 is 3.00 bits per heavy atom. The van der Waals surface area contributed by atoms with Gasteiger partial charge < -0.3 is 9.32 Å². The predicted octanol–water partition coefficient (Wildman–Crippen LogP) is 1.93. The van der Waals surface area contributed by atoms with Gasteiger partial charge in [0.05, 0.1) is 25.3 Å². The highest BCUT2D eigenvalue weighted by molar-refractivity contribution is 5.75. The first kappa shape index (κ1) is 11.3.